The van der Waals surface area contributed by atoms with Gasteiger partial charge in [0.25, 0.3) is 0 Å². The predicted molar refractivity (Wildman–Crippen MR) is 133 cm³/mol. The molecule has 0 N–H and O–H groups in total. The predicted octanol–water partition coefficient (Wildman–Crippen LogP) is 7.07. The van der Waals surface area contributed by atoms with Gasteiger partial charge < -0.3 is 4.90 Å². The molecule has 31 heavy (non-hydrogen) atoms. The Morgan fingerprint density at radius 3 is 2.03 bits per heavy atom. The highest BCUT2D eigenvalue weighted by Gasteiger charge is 2.23. The molecule has 0 saturated heterocycles. The minimum atomic E-state index is 0.962. The van der Waals surface area contributed by atoms with Crippen molar-refractivity contribution in [2.24, 2.45) is 4.99 Å². The van der Waals surface area contributed by atoms with Crippen molar-refractivity contribution in [3.05, 3.63) is 119 Å². The van der Waals surface area contributed by atoms with Crippen molar-refractivity contribution in [3.63, 3.8) is 0 Å². The highest BCUT2D eigenvalue weighted by molar-refractivity contribution is 6.07. The number of aliphatic imine (C=N–C) groups is 1. The average Bonchev–Trinajstić information content (AvgIpc) is 3.12. The monoisotopic (exact) mass is 400 g/mol. The number of rotatable bonds is 4. The standard InChI is InChI=1S/C29H24N2/c1-31(2)24-15-12-21(13-16-24)18-28-26-11-7-6-10-25(26)27-17-14-23(19-29(27)28)30-20-22-8-4-3-5-9-22/h3-20H,1-2H3/b28-18+,30-20?. The van der Waals surface area contributed by atoms with E-state index >= 15 is 0 Å². The molecular weight excluding hydrogens is 376 g/mol. The van der Waals surface area contributed by atoms with Crippen LogP contribution < -0.4 is 4.90 Å². The minimum Gasteiger partial charge on any atom is -0.378 e. The van der Waals surface area contributed by atoms with Crippen LogP contribution in [0.25, 0.3) is 22.8 Å². The van der Waals surface area contributed by atoms with Crippen LogP contribution in [0.4, 0.5) is 11.4 Å². The Labute approximate surface area is 183 Å². The summed E-state index contributed by atoms with van der Waals surface area (Å²) in [6.07, 6.45) is 4.21. The molecule has 0 aromatic heterocycles. The third kappa shape index (κ3) is 3.80. The van der Waals surface area contributed by atoms with E-state index < -0.39 is 0 Å². The minimum absolute atomic E-state index is 0.962. The van der Waals surface area contributed by atoms with E-state index in [-0.39, 0.29) is 0 Å². The number of nitrogens with zero attached hydrogens (tertiary/aromatic N) is 2. The first-order valence-electron chi connectivity index (χ1n) is 10.5. The van der Waals surface area contributed by atoms with Crippen LogP contribution in [0.3, 0.4) is 0 Å². The van der Waals surface area contributed by atoms with Gasteiger partial charge in [-0.25, -0.2) is 0 Å². The molecule has 2 nitrogen and oxygen atoms in total. The Hall–Kier alpha value is -3.91. The molecule has 1 aliphatic carbocycles. The molecule has 4 aromatic rings. The van der Waals surface area contributed by atoms with Crippen LogP contribution in [-0.4, -0.2) is 20.3 Å². The molecule has 0 aliphatic heterocycles. The third-order valence-electron chi connectivity index (χ3n) is 5.68. The molecule has 1 aliphatic rings. The fraction of sp³-hybridized carbons (Fsp3) is 0.0690. The van der Waals surface area contributed by atoms with Crippen LogP contribution in [0, 0.1) is 0 Å². The first-order valence-corrected chi connectivity index (χ1v) is 10.5. The summed E-state index contributed by atoms with van der Waals surface area (Å²) in [5, 5.41) is 0. The molecule has 0 unspecified atom stereocenters. The summed E-state index contributed by atoms with van der Waals surface area (Å²) < 4.78 is 0. The van der Waals surface area contributed by atoms with Gasteiger partial charge in [0, 0.05) is 26.0 Å². The van der Waals surface area contributed by atoms with Crippen LogP contribution in [-0.2, 0) is 0 Å². The fourth-order valence-electron chi connectivity index (χ4n) is 4.05. The van der Waals surface area contributed by atoms with E-state index in [9.17, 15) is 0 Å². The van der Waals surface area contributed by atoms with Crippen molar-refractivity contribution < 1.29 is 0 Å². The normalized spacial score (nSPS) is 13.4. The number of anilines is 1. The van der Waals surface area contributed by atoms with E-state index in [1.54, 1.807) is 0 Å². The number of hydrogen-bond donors (Lipinski definition) is 0. The maximum atomic E-state index is 4.73. The van der Waals surface area contributed by atoms with Crippen LogP contribution in [0.2, 0.25) is 0 Å². The quantitative estimate of drug-likeness (QED) is 0.295. The highest BCUT2D eigenvalue weighted by Crippen LogP contribution is 2.46. The maximum Gasteiger partial charge on any atom is 0.0636 e. The lowest BCUT2D eigenvalue weighted by molar-refractivity contribution is 1.13. The lowest BCUT2D eigenvalue weighted by Crippen LogP contribution is -2.07. The molecule has 0 spiro atoms. The Morgan fingerprint density at radius 1 is 0.613 bits per heavy atom. The maximum absolute atomic E-state index is 4.73. The topological polar surface area (TPSA) is 15.6 Å². The summed E-state index contributed by atoms with van der Waals surface area (Å²) in [6, 6.07) is 34.0. The zero-order valence-electron chi connectivity index (χ0n) is 17.8. The van der Waals surface area contributed by atoms with Gasteiger partial charge in [0.2, 0.25) is 0 Å². The van der Waals surface area contributed by atoms with Crippen LogP contribution in [0.15, 0.2) is 102 Å². The van der Waals surface area contributed by atoms with Gasteiger partial charge in [-0.2, -0.15) is 0 Å². The molecule has 0 amide bonds. The average molecular weight is 401 g/mol. The largest absolute Gasteiger partial charge is 0.378 e. The molecule has 0 saturated carbocycles. The lowest BCUT2D eigenvalue weighted by atomic mass is 10.0. The van der Waals surface area contributed by atoms with Gasteiger partial charge in [-0.05, 0) is 69.3 Å². The van der Waals surface area contributed by atoms with Crippen molar-refractivity contribution in [1.29, 1.82) is 0 Å². The Kier molecular flexibility index (Phi) is 4.97. The van der Waals surface area contributed by atoms with E-state index in [2.05, 4.69) is 104 Å². The molecule has 2 heteroatoms. The number of hydrogen-bond acceptors (Lipinski definition) is 2. The van der Waals surface area contributed by atoms with E-state index in [1.807, 2.05) is 24.4 Å². The van der Waals surface area contributed by atoms with Gasteiger partial charge in [0.05, 0.1) is 5.69 Å². The van der Waals surface area contributed by atoms with Crippen molar-refractivity contribution in [3.8, 4) is 11.1 Å². The second-order valence-corrected chi connectivity index (χ2v) is 7.99. The Bertz CT molecular complexity index is 1280. The van der Waals surface area contributed by atoms with Crippen molar-refractivity contribution in [2.45, 2.75) is 0 Å². The summed E-state index contributed by atoms with van der Waals surface area (Å²) in [6.45, 7) is 0. The van der Waals surface area contributed by atoms with Gasteiger partial charge in [-0.1, -0.05) is 72.8 Å². The van der Waals surface area contributed by atoms with E-state index in [4.69, 9.17) is 4.99 Å². The van der Waals surface area contributed by atoms with Crippen LogP contribution in [0.1, 0.15) is 22.3 Å². The number of benzene rings is 4. The molecule has 0 atom stereocenters. The Balaban J connectivity index is 1.57. The number of fused-ring (bicyclic) bond motifs is 3. The first-order chi connectivity index (χ1) is 15.2. The van der Waals surface area contributed by atoms with Gasteiger partial charge >= 0.3 is 0 Å². The molecule has 0 heterocycles. The smallest absolute Gasteiger partial charge is 0.0636 e. The fourth-order valence-corrected chi connectivity index (χ4v) is 4.05. The zero-order valence-corrected chi connectivity index (χ0v) is 17.8. The zero-order chi connectivity index (χ0) is 21.2. The summed E-state index contributed by atoms with van der Waals surface area (Å²) in [5.74, 6) is 0. The lowest BCUT2D eigenvalue weighted by Gasteiger charge is -2.12. The third-order valence-corrected chi connectivity index (χ3v) is 5.68. The first kappa shape index (κ1) is 19.1. The second kappa shape index (κ2) is 8.08. The SMILES string of the molecule is CN(C)c1ccc(/C=C2\c3ccccc3-c3ccc(N=Cc4ccccc4)cc32)cc1. The summed E-state index contributed by atoms with van der Waals surface area (Å²) in [7, 11) is 4.13. The molecular formula is C29H24N2. The van der Waals surface area contributed by atoms with E-state index in [0.717, 1.165) is 11.3 Å². The second-order valence-electron chi connectivity index (χ2n) is 7.99. The molecule has 150 valence electrons. The van der Waals surface area contributed by atoms with Crippen LogP contribution in [0.5, 0.6) is 0 Å². The highest BCUT2D eigenvalue weighted by atomic mass is 15.1. The molecule has 0 fully saturated rings. The molecule has 4 aromatic carbocycles. The van der Waals surface area contributed by atoms with Gasteiger partial charge in [-0.3, -0.25) is 4.99 Å². The van der Waals surface area contributed by atoms with Crippen molar-refractivity contribution in [2.75, 3.05) is 19.0 Å². The molecule has 0 radical (unpaired) electrons. The van der Waals surface area contributed by atoms with Gasteiger partial charge in [-0.15, -0.1) is 0 Å². The van der Waals surface area contributed by atoms with Crippen molar-refractivity contribution in [1.82, 2.24) is 0 Å². The van der Waals surface area contributed by atoms with Crippen LogP contribution >= 0.6 is 0 Å². The van der Waals surface area contributed by atoms with E-state index in [0.29, 0.717) is 0 Å². The molecule has 0 bridgehead atoms. The van der Waals surface area contributed by atoms with Crippen molar-refractivity contribution >= 4 is 29.2 Å². The summed E-state index contributed by atoms with van der Waals surface area (Å²) in [4.78, 5) is 6.85. The van der Waals surface area contributed by atoms with Gasteiger partial charge in [0.1, 0.15) is 0 Å². The van der Waals surface area contributed by atoms with Gasteiger partial charge in [0.15, 0.2) is 0 Å². The van der Waals surface area contributed by atoms with E-state index in [1.165, 1.54) is 39.1 Å². The Morgan fingerprint density at radius 2 is 1.29 bits per heavy atom. The molecule has 5 rings (SSSR count). The summed E-state index contributed by atoms with van der Waals surface area (Å²) in [5.41, 5.74) is 10.8. The summed E-state index contributed by atoms with van der Waals surface area (Å²) >= 11 is 0.